The number of aryl methyl sites for hydroxylation is 1. The molecule has 1 aromatic heterocycles. The molecule has 174 valence electrons. The Bertz CT molecular complexity index is 1270. The number of nitrogens with zero attached hydrogens (tertiary/aromatic N) is 2. The number of carbonyl (C=O) groups is 3. The van der Waals surface area contributed by atoms with E-state index in [1.165, 1.54) is 11.9 Å². The number of fused-ring (bicyclic) bond motifs is 3. The van der Waals surface area contributed by atoms with Gasteiger partial charge in [0.05, 0.1) is 5.69 Å². The molecule has 0 spiro atoms. The number of alkyl carbamates (subject to hydrolysis) is 1. The van der Waals surface area contributed by atoms with Crippen LogP contribution in [0.3, 0.4) is 0 Å². The van der Waals surface area contributed by atoms with Crippen molar-refractivity contribution in [1.82, 2.24) is 9.69 Å². The van der Waals surface area contributed by atoms with Gasteiger partial charge in [0.1, 0.15) is 22.7 Å². The maximum absolute atomic E-state index is 13.2. The van der Waals surface area contributed by atoms with Crippen molar-refractivity contribution in [2.24, 2.45) is 0 Å². The van der Waals surface area contributed by atoms with Crippen LogP contribution in [0.1, 0.15) is 45.9 Å². The minimum absolute atomic E-state index is 0.00205. The summed E-state index contributed by atoms with van der Waals surface area (Å²) in [6, 6.07) is 16.1. The summed E-state index contributed by atoms with van der Waals surface area (Å²) >= 11 is 0.948. The average Bonchev–Trinajstić information content (AvgIpc) is 3.39. The fourth-order valence-electron chi connectivity index (χ4n) is 4.59. The third-order valence-electron chi connectivity index (χ3n) is 6.51. The first-order valence-electron chi connectivity index (χ1n) is 10.9. The highest BCUT2D eigenvalue weighted by molar-refractivity contribution is 7.11. The number of rotatable bonds is 6. The van der Waals surface area contributed by atoms with Crippen molar-refractivity contribution in [1.29, 1.82) is 0 Å². The van der Waals surface area contributed by atoms with Crippen LogP contribution >= 0.6 is 11.5 Å². The fourth-order valence-corrected chi connectivity index (χ4v) is 5.44. The van der Waals surface area contributed by atoms with E-state index >= 15 is 0 Å². The van der Waals surface area contributed by atoms with Crippen molar-refractivity contribution in [3.63, 3.8) is 0 Å². The maximum Gasteiger partial charge on any atom is 0.408 e. The van der Waals surface area contributed by atoms with Gasteiger partial charge in [-0.05, 0) is 53.6 Å². The third-order valence-corrected chi connectivity index (χ3v) is 7.53. The van der Waals surface area contributed by atoms with E-state index in [4.69, 9.17) is 4.74 Å². The van der Waals surface area contributed by atoms with Gasteiger partial charge in [-0.3, -0.25) is 4.79 Å². The summed E-state index contributed by atoms with van der Waals surface area (Å²) in [7, 11) is 1.50. The highest BCUT2D eigenvalue weighted by Crippen LogP contribution is 2.45. The number of carboxylic acids is 1. The molecule has 2 aromatic carbocycles. The lowest BCUT2D eigenvalue weighted by atomic mass is 9.98. The van der Waals surface area contributed by atoms with Crippen molar-refractivity contribution < 1.29 is 24.2 Å². The molecule has 5 rings (SSSR count). The molecule has 9 heteroatoms. The zero-order chi connectivity index (χ0) is 24.0. The van der Waals surface area contributed by atoms with Gasteiger partial charge in [0.15, 0.2) is 0 Å². The summed E-state index contributed by atoms with van der Waals surface area (Å²) in [5.41, 5.74) is 3.74. The summed E-state index contributed by atoms with van der Waals surface area (Å²) in [5, 5.41) is 12.5. The third kappa shape index (κ3) is 3.62. The van der Waals surface area contributed by atoms with Crippen molar-refractivity contribution >= 4 is 34.5 Å². The van der Waals surface area contributed by atoms with Gasteiger partial charge in [-0.1, -0.05) is 48.5 Å². The second kappa shape index (κ2) is 8.25. The summed E-state index contributed by atoms with van der Waals surface area (Å²) < 4.78 is 9.66. The minimum Gasteiger partial charge on any atom is -0.478 e. The number of aromatic nitrogens is 1. The molecule has 2 aliphatic carbocycles. The van der Waals surface area contributed by atoms with Crippen LogP contribution in [0.2, 0.25) is 0 Å². The number of carboxylic acid groups (broad SMARTS) is 1. The smallest absolute Gasteiger partial charge is 0.408 e. The number of anilines is 1. The van der Waals surface area contributed by atoms with Crippen LogP contribution in [0.15, 0.2) is 48.5 Å². The molecule has 1 heterocycles. The lowest BCUT2D eigenvalue weighted by Gasteiger charge is -2.24. The normalized spacial score (nSPS) is 15.2. The van der Waals surface area contributed by atoms with E-state index in [1.807, 2.05) is 36.4 Å². The van der Waals surface area contributed by atoms with Crippen LogP contribution in [0.4, 0.5) is 9.80 Å². The first-order chi connectivity index (χ1) is 16.3. The molecule has 34 heavy (non-hydrogen) atoms. The first-order valence-corrected chi connectivity index (χ1v) is 11.7. The number of likely N-dealkylation sites (N-methyl/N-ethyl adjacent to an activating group) is 1. The molecule has 0 bridgehead atoms. The molecule has 3 aromatic rings. The van der Waals surface area contributed by atoms with Gasteiger partial charge in [-0.15, -0.1) is 0 Å². The summed E-state index contributed by atoms with van der Waals surface area (Å²) in [4.78, 5) is 38.8. The number of hydrogen-bond donors (Lipinski definition) is 2. The van der Waals surface area contributed by atoms with Crippen molar-refractivity contribution in [2.75, 3.05) is 18.6 Å². The van der Waals surface area contributed by atoms with Crippen LogP contribution in [-0.2, 0) is 9.53 Å². The van der Waals surface area contributed by atoms with Gasteiger partial charge in [0.25, 0.3) is 5.91 Å². The Balaban J connectivity index is 1.28. The van der Waals surface area contributed by atoms with E-state index in [-0.39, 0.29) is 29.0 Å². The van der Waals surface area contributed by atoms with E-state index in [9.17, 15) is 19.5 Å². The molecule has 0 aliphatic heterocycles. The number of amides is 2. The second-order valence-corrected chi connectivity index (χ2v) is 9.40. The highest BCUT2D eigenvalue weighted by Gasteiger charge is 2.53. The van der Waals surface area contributed by atoms with Gasteiger partial charge < -0.3 is 20.1 Å². The van der Waals surface area contributed by atoms with Crippen LogP contribution < -0.4 is 10.2 Å². The number of carbonyl (C=O) groups excluding carboxylic acids is 2. The molecule has 0 atom stereocenters. The molecule has 8 nitrogen and oxygen atoms in total. The van der Waals surface area contributed by atoms with Gasteiger partial charge in [-0.2, -0.15) is 4.37 Å². The van der Waals surface area contributed by atoms with E-state index in [0.29, 0.717) is 18.5 Å². The summed E-state index contributed by atoms with van der Waals surface area (Å²) in [6.07, 6.45) is 0.251. The largest absolute Gasteiger partial charge is 0.478 e. The Labute approximate surface area is 200 Å². The number of benzene rings is 2. The van der Waals surface area contributed by atoms with Crippen LogP contribution in [0.5, 0.6) is 0 Å². The Hall–Kier alpha value is -3.72. The Morgan fingerprint density at radius 3 is 2.26 bits per heavy atom. The van der Waals surface area contributed by atoms with Crippen molar-refractivity contribution in [3.8, 4) is 11.1 Å². The van der Waals surface area contributed by atoms with Crippen LogP contribution in [0.25, 0.3) is 11.1 Å². The molecule has 1 saturated carbocycles. The van der Waals surface area contributed by atoms with E-state index < -0.39 is 17.6 Å². The molecule has 0 radical (unpaired) electrons. The molecule has 2 N–H and O–H groups in total. The van der Waals surface area contributed by atoms with E-state index in [1.54, 1.807) is 6.92 Å². The van der Waals surface area contributed by atoms with Crippen LogP contribution in [0, 0.1) is 6.92 Å². The quantitative estimate of drug-likeness (QED) is 0.551. The maximum atomic E-state index is 13.2. The number of aromatic carboxylic acids is 1. The topological polar surface area (TPSA) is 109 Å². The predicted octanol–water partition coefficient (Wildman–Crippen LogP) is 4.18. The molecule has 1 fully saturated rings. The van der Waals surface area contributed by atoms with Gasteiger partial charge in [-0.25, -0.2) is 9.59 Å². The molecule has 2 amide bonds. The zero-order valence-corrected chi connectivity index (χ0v) is 19.5. The van der Waals surface area contributed by atoms with E-state index in [0.717, 1.165) is 33.8 Å². The Morgan fingerprint density at radius 2 is 1.71 bits per heavy atom. The average molecular weight is 478 g/mol. The molecule has 0 unspecified atom stereocenters. The number of ether oxygens (including phenoxy) is 1. The van der Waals surface area contributed by atoms with Gasteiger partial charge in [0, 0.05) is 13.0 Å². The van der Waals surface area contributed by atoms with E-state index in [2.05, 4.69) is 21.8 Å². The minimum atomic E-state index is -1.14. The molecular formula is C25H23N3O5S. The Morgan fingerprint density at radius 1 is 1.12 bits per heavy atom. The van der Waals surface area contributed by atoms with Crippen molar-refractivity contribution in [3.05, 3.63) is 70.9 Å². The second-order valence-electron chi connectivity index (χ2n) is 8.65. The fraction of sp³-hybridized carbons (Fsp3) is 0.280. The molecule has 0 saturated heterocycles. The zero-order valence-electron chi connectivity index (χ0n) is 18.7. The molecular weight excluding hydrogens is 454 g/mol. The molecule has 2 aliphatic rings. The summed E-state index contributed by atoms with van der Waals surface area (Å²) in [5.74, 6) is -1.60. The number of hydrogen-bond acceptors (Lipinski definition) is 6. The highest BCUT2D eigenvalue weighted by atomic mass is 32.1. The standard InChI is InChI=1S/C25H23N3O5S/c1-14-20(22(29)30)21(34-27-14)28(2)23(31)25(11-12-25)26-24(32)33-13-19-17-9-5-3-7-15(17)16-8-4-6-10-18(16)19/h3-10,19H,11-13H2,1-2H3,(H,26,32)(H,29,30). The number of nitrogens with one attached hydrogen (secondary N) is 1. The lowest BCUT2D eigenvalue weighted by molar-refractivity contribution is -0.121. The Kier molecular flexibility index (Phi) is 5.36. The lowest BCUT2D eigenvalue weighted by Crippen LogP contribution is -2.50. The SMILES string of the molecule is Cc1nsc(N(C)C(=O)C2(NC(=O)OCC3c4ccccc4-c4ccccc43)CC2)c1C(=O)O. The van der Waals surface area contributed by atoms with Crippen molar-refractivity contribution in [2.45, 2.75) is 31.2 Å². The van der Waals surface area contributed by atoms with Crippen LogP contribution in [-0.4, -0.2) is 46.6 Å². The van der Waals surface area contributed by atoms with Gasteiger partial charge in [0.2, 0.25) is 0 Å². The first kappa shape index (κ1) is 22.1. The van der Waals surface area contributed by atoms with Gasteiger partial charge >= 0.3 is 12.1 Å². The predicted molar refractivity (Wildman–Crippen MR) is 127 cm³/mol. The monoisotopic (exact) mass is 477 g/mol. The summed E-state index contributed by atoms with van der Waals surface area (Å²) in [6.45, 7) is 1.74.